The minimum Gasteiger partial charge on any atom is -0.444 e. The number of hydrogen-bond donors (Lipinski definition) is 4. The van der Waals surface area contributed by atoms with Gasteiger partial charge in [-0.3, -0.25) is 19.4 Å². The lowest BCUT2D eigenvalue weighted by molar-refractivity contribution is -0.0341. The van der Waals surface area contributed by atoms with E-state index in [9.17, 15) is 19.2 Å². The number of ether oxygens (including phenoxy) is 4. The minimum atomic E-state index is -0.680. The maximum atomic E-state index is 16.2. The summed E-state index contributed by atoms with van der Waals surface area (Å²) >= 11 is 0. The van der Waals surface area contributed by atoms with Crippen molar-refractivity contribution in [3.63, 3.8) is 0 Å². The number of carbonyl (C=O) groups excluding carboxylic acids is 4. The molecule has 10 rings (SSSR count). The molecule has 22 heteroatoms. The summed E-state index contributed by atoms with van der Waals surface area (Å²) in [6.45, 7) is 20.7. The van der Waals surface area contributed by atoms with Crippen LogP contribution in [0.2, 0.25) is 0 Å². The number of nitrogens with zero attached hydrogens (tertiary/aromatic N) is 6. The lowest BCUT2D eigenvalue weighted by atomic mass is 9.79. The molecule has 4 N–H and O–H groups in total. The number of benzene rings is 2. The first-order valence-electron chi connectivity index (χ1n) is 29.1. The molecular weight excluding hydrogens is 1060 g/mol. The number of amides is 4. The molecule has 4 fully saturated rings. The second kappa shape index (κ2) is 25.3. The molecule has 4 aliphatic rings. The van der Waals surface area contributed by atoms with Gasteiger partial charge in [0.05, 0.1) is 73.0 Å². The maximum absolute atomic E-state index is 16.2. The second-order valence-corrected chi connectivity index (χ2v) is 24.5. The van der Waals surface area contributed by atoms with E-state index in [4.69, 9.17) is 38.0 Å². The van der Waals surface area contributed by atoms with Crippen molar-refractivity contribution in [2.45, 2.75) is 169 Å². The molecule has 2 saturated carbocycles. The lowest BCUT2D eigenvalue weighted by Gasteiger charge is -2.36. The van der Waals surface area contributed by atoms with Gasteiger partial charge < -0.3 is 48.6 Å². The summed E-state index contributed by atoms with van der Waals surface area (Å²) in [7, 11) is 0. The standard InChI is InChI=1S/2C30H40FN5O5/c2*1-6-21-20(15-40-35-21)28(37)34-25(18-9-7-17(2)8-10-18)27-32-22-12-11-19(24(31)26(22)33-27)23-16-39-14-13-36(23)29(38)41-30(3,4)5/h2*11-12,15,17-18,23,25H,6-10,13-14,16H2,1-5H3,(H,32,33)(H,34,37)/t17?,18?,23-,25+;17?,18?,23-,25-/m10/s1. The Morgan fingerprint density at radius 2 is 1.00 bits per heavy atom. The number of H-pyrrole nitrogens is 2. The molecule has 2 aromatic carbocycles. The third-order valence-corrected chi connectivity index (χ3v) is 16.2. The number of aromatic nitrogens is 6. The van der Waals surface area contributed by atoms with Crippen LogP contribution in [0.1, 0.15) is 200 Å². The Bertz CT molecular complexity index is 2990. The lowest BCUT2D eigenvalue weighted by Crippen LogP contribution is -2.46. The van der Waals surface area contributed by atoms with Crippen LogP contribution in [0.25, 0.3) is 22.1 Å². The third-order valence-electron chi connectivity index (χ3n) is 16.2. The molecule has 2 saturated heterocycles. The summed E-state index contributed by atoms with van der Waals surface area (Å²) in [5.74, 6) is 0.885. The van der Waals surface area contributed by atoms with E-state index >= 15 is 8.78 Å². The van der Waals surface area contributed by atoms with Crippen molar-refractivity contribution < 1.29 is 56.0 Å². The summed E-state index contributed by atoms with van der Waals surface area (Å²) in [4.78, 5) is 71.6. The predicted molar refractivity (Wildman–Crippen MR) is 300 cm³/mol. The second-order valence-electron chi connectivity index (χ2n) is 24.5. The van der Waals surface area contributed by atoms with E-state index in [2.05, 4.69) is 44.8 Å². The van der Waals surface area contributed by atoms with Gasteiger partial charge in [-0.05, 0) is 116 Å². The highest BCUT2D eigenvalue weighted by molar-refractivity contribution is 5.96. The zero-order valence-corrected chi connectivity index (χ0v) is 48.9. The summed E-state index contributed by atoms with van der Waals surface area (Å²) in [5.41, 5.74) is 2.58. The molecule has 0 radical (unpaired) electrons. The van der Waals surface area contributed by atoms with Crippen LogP contribution in [0, 0.1) is 35.3 Å². The Labute approximate surface area is 476 Å². The van der Waals surface area contributed by atoms with E-state index in [0.717, 1.165) is 51.4 Å². The molecule has 2 aliphatic heterocycles. The highest BCUT2D eigenvalue weighted by Crippen LogP contribution is 2.40. The quantitative estimate of drug-likeness (QED) is 0.0891. The Hall–Kier alpha value is -6.94. The Kier molecular flexibility index (Phi) is 18.4. The Morgan fingerprint density at radius 1 is 0.622 bits per heavy atom. The molecule has 444 valence electrons. The van der Waals surface area contributed by atoms with Crippen LogP contribution in [0.4, 0.5) is 18.4 Å². The van der Waals surface area contributed by atoms with Gasteiger partial charge >= 0.3 is 12.2 Å². The first kappa shape index (κ1) is 59.7. The zero-order valence-electron chi connectivity index (χ0n) is 48.9. The van der Waals surface area contributed by atoms with Crippen molar-refractivity contribution >= 4 is 46.1 Å². The van der Waals surface area contributed by atoms with Gasteiger partial charge in [0.15, 0.2) is 11.6 Å². The average Bonchev–Trinajstić information content (AvgIpc) is 3.79. The SMILES string of the molecule is CCc1nocc1C(=O)N[C@H](c1nc2c(F)c([C@@H]3COCCN3C(=O)OC(C)(C)C)ccc2[nH]1)C1CCC(C)CC1.CCc1nocc1C(=O)N[C@H](c1nc2c(F)c([C@H]3COCCN3C(=O)OC(C)(C)C)ccc2[nH]1)C1CCC(C)CC1. The van der Waals surface area contributed by atoms with E-state index in [0.29, 0.717) is 107 Å². The van der Waals surface area contributed by atoms with Gasteiger partial charge in [0.2, 0.25) is 0 Å². The van der Waals surface area contributed by atoms with Crippen LogP contribution in [0.15, 0.2) is 45.8 Å². The van der Waals surface area contributed by atoms with Crippen molar-refractivity contribution in [1.82, 2.24) is 50.7 Å². The molecule has 20 nitrogen and oxygen atoms in total. The van der Waals surface area contributed by atoms with Crippen LogP contribution < -0.4 is 10.6 Å². The maximum Gasteiger partial charge on any atom is 0.410 e. The smallest absolute Gasteiger partial charge is 0.410 e. The summed E-state index contributed by atoms with van der Waals surface area (Å²) in [6.07, 6.45) is 10.7. The molecule has 6 aromatic rings. The zero-order chi connectivity index (χ0) is 58.6. The van der Waals surface area contributed by atoms with Gasteiger partial charge in [-0.1, -0.05) is 75.8 Å². The number of aromatic amines is 2. The molecule has 2 aliphatic carbocycles. The van der Waals surface area contributed by atoms with Crippen molar-refractivity contribution in [3.05, 3.63) is 93.7 Å². The number of carbonyl (C=O) groups is 4. The molecule has 0 unspecified atom stereocenters. The van der Waals surface area contributed by atoms with Crippen molar-refractivity contribution in [2.75, 3.05) is 39.5 Å². The van der Waals surface area contributed by atoms with E-state index < -0.39 is 59.2 Å². The monoisotopic (exact) mass is 1140 g/mol. The molecule has 0 bridgehead atoms. The van der Waals surface area contributed by atoms with Gasteiger partial charge in [-0.25, -0.2) is 28.3 Å². The Balaban J connectivity index is 0.000000198. The van der Waals surface area contributed by atoms with Crippen LogP contribution in [0.5, 0.6) is 0 Å². The molecule has 4 atom stereocenters. The fraction of sp³-hybridized carbons (Fsp3) is 0.600. The van der Waals surface area contributed by atoms with Crippen molar-refractivity contribution in [3.8, 4) is 0 Å². The fourth-order valence-electron chi connectivity index (χ4n) is 11.7. The van der Waals surface area contributed by atoms with Gasteiger partial charge in [0.1, 0.15) is 57.5 Å². The first-order valence-corrected chi connectivity index (χ1v) is 29.1. The topological polar surface area (TPSA) is 245 Å². The number of aryl methyl sites for hydroxylation is 2. The number of imidazole rings is 2. The fourth-order valence-corrected chi connectivity index (χ4v) is 11.7. The largest absolute Gasteiger partial charge is 0.444 e. The molecular formula is C60H80F2N10O10. The van der Waals surface area contributed by atoms with Crippen molar-refractivity contribution in [1.29, 1.82) is 0 Å². The summed E-state index contributed by atoms with van der Waals surface area (Å²) in [5, 5.41) is 14.2. The van der Waals surface area contributed by atoms with Gasteiger partial charge in [-0.2, -0.15) is 0 Å². The molecule has 4 amide bonds. The molecule has 4 aromatic heterocycles. The molecule has 82 heavy (non-hydrogen) atoms. The number of halogens is 2. The van der Waals surface area contributed by atoms with E-state index in [1.165, 1.54) is 22.3 Å². The highest BCUT2D eigenvalue weighted by Gasteiger charge is 2.39. The summed E-state index contributed by atoms with van der Waals surface area (Å²) < 4.78 is 64.9. The number of hydrogen-bond acceptors (Lipinski definition) is 14. The van der Waals surface area contributed by atoms with E-state index in [1.54, 1.807) is 65.8 Å². The molecule has 6 heterocycles. The van der Waals surface area contributed by atoms with Crippen LogP contribution in [0.3, 0.4) is 0 Å². The van der Waals surface area contributed by atoms with Gasteiger partial charge in [0, 0.05) is 24.2 Å². The van der Waals surface area contributed by atoms with Crippen LogP contribution >= 0.6 is 0 Å². The number of fused-ring (bicyclic) bond motifs is 2. The summed E-state index contributed by atoms with van der Waals surface area (Å²) in [6, 6.07) is 4.67. The van der Waals surface area contributed by atoms with Gasteiger partial charge in [0.25, 0.3) is 11.8 Å². The van der Waals surface area contributed by atoms with Crippen LogP contribution in [-0.4, -0.2) is 115 Å². The highest BCUT2D eigenvalue weighted by atomic mass is 19.1. The van der Waals surface area contributed by atoms with E-state index in [1.807, 2.05) is 13.8 Å². The van der Waals surface area contributed by atoms with Crippen molar-refractivity contribution in [2.24, 2.45) is 23.7 Å². The number of rotatable bonds is 12. The first-order chi connectivity index (χ1) is 39.1. The predicted octanol–water partition coefficient (Wildman–Crippen LogP) is 11.7. The number of nitrogens with one attached hydrogen (secondary N) is 4. The van der Waals surface area contributed by atoms with Crippen LogP contribution in [-0.2, 0) is 31.8 Å². The normalized spacial score (nSPS) is 22.5. The van der Waals surface area contributed by atoms with E-state index in [-0.39, 0.29) is 47.9 Å². The van der Waals surface area contributed by atoms with Gasteiger partial charge in [-0.15, -0.1) is 0 Å². The Morgan fingerprint density at radius 3 is 1.35 bits per heavy atom. The minimum absolute atomic E-state index is 0.137. The number of morpholine rings is 2. The third kappa shape index (κ3) is 13.6. The molecule has 0 spiro atoms. The average molecular weight is 1140 g/mol.